The van der Waals surface area contributed by atoms with Crippen LogP contribution in [0.2, 0.25) is 0 Å². The van der Waals surface area contributed by atoms with Crippen LogP contribution in [0.15, 0.2) is 42.0 Å². The van der Waals surface area contributed by atoms with Gasteiger partial charge in [0.05, 0.1) is 19.8 Å². The first-order valence-corrected chi connectivity index (χ1v) is 10.0. The van der Waals surface area contributed by atoms with Crippen LogP contribution < -0.4 is 0 Å². The molecule has 0 saturated carbocycles. The Balaban J connectivity index is 1.75. The van der Waals surface area contributed by atoms with Gasteiger partial charge in [-0.1, -0.05) is 30.3 Å². The Morgan fingerprint density at radius 1 is 1.20 bits per heavy atom. The molecule has 0 unspecified atom stereocenters. The van der Waals surface area contributed by atoms with Gasteiger partial charge in [-0.05, 0) is 31.9 Å². The lowest BCUT2D eigenvalue weighted by atomic mass is 10.0. The van der Waals surface area contributed by atoms with Crippen LogP contribution >= 0.6 is 0 Å². The van der Waals surface area contributed by atoms with Gasteiger partial charge in [-0.2, -0.15) is 0 Å². The Kier molecular flexibility index (Phi) is 7.99. The van der Waals surface area contributed by atoms with E-state index in [4.69, 9.17) is 33.2 Å². The van der Waals surface area contributed by atoms with E-state index in [1.807, 2.05) is 44.2 Å². The number of fused-ring (bicyclic) bond motifs is 1. The number of rotatable bonds is 10. The number of esters is 1. The van der Waals surface area contributed by atoms with Crippen LogP contribution in [0.5, 0.6) is 0 Å². The molecule has 2 saturated heterocycles. The van der Waals surface area contributed by atoms with Crippen molar-refractivity contribution in [3.63, 3.8) is 0 Å². The van der Waals surface area contributed by atoms with Gasteiger partial charge in [0, 0.05) is 13.2 Å². The normalized spacial score (nSPS) is 27.8. The largest absolute Gasteiger partial charge is 0.463 e. The summed E-state index contributed by atoms with van der Waals surface area (Å²) in [5.41, 5.74) is 1.61. The maximum atomic E-state index is 12.2. The van der Waals surface area contributed by atoms with Crippen LogP contribution in [0.4, 0.5) is 0 Å². The van der Waals surface area contributed by atoms with E-state index in [0.717, 1.165) is 5.56 Å². The number of ether oxygens (including phenoxy) is 7. The van der Waals surface area contributed by atoms with Gasteiger partial charge in [-0.3, -0.25) is 0 Å². The average molecular weight is 422 g/mol. The molecule has 166 valence electrons. The maximum absolute atomic E-state index is 12.2. The van der Waals surface area contributed by atoms with Gasteiger partial charge < -0.3 is 33.2 Å². The zero-order chi connectivity index (χ0) is 21.6. The molecule has 8 heteroatoms. The molecule has 4 atom stereocenters. The first kappa shape index (κ1) is 22.9. The standard InChI is InChI=1S/C22H30O8/c1-5-26-17(23)11-16(13-25-12-15-9-7-6-8-10-15)18-19(27-14-24-4)20-21(28-18)30-22(2,3)29-20/h6-11,18-21H,5,12-14H2,1-4H3/b16-11-/t18-,19+,20-,21-/m1/s1. The molecular weight excluding hydrogens is 392 g/mol. The second-order valence-corrected chi connectivity index (χ2v) is 7.51. The fourth-order valence-corrected chi connectivity index (χ4v) is 3.51. The molecule has 2 fully saturated rings. The minimum atomic E-state index is -0.788. The summed E-state index contributed by atoms with van der Waals surface area (Å²) in [5, 5.41) is 0. The Morgan fingerprint density at radius 3 is 2.67 bits per heavy atom. The van der Waals surface area contributed by atoms with E-state index in [9.17, 15) is 4.79 Å². The number of hydrogen-bond donors (Lipinski definition) is 0. The maximum Gasteiger partial charge on any atom is 0.330 e. The predicted octanol–water partition coefficient (Wildman–Crippen LogP) is 2.56. The van der Waals surface area contributed by atoms with Gasteiger partial charge in [-0.15, -0.1) is 0 Å². The monoisotopic (exact) mass is 422 g/mol. The van der Waals surface area contributed by atoms with Crippen molar-refractivity contribution in [2.24, 2.45) is 0 Å². The molecule has 2 heterocycles. The van der Waals surface area contributed by atoms with E-state index >= 15 is 0 Å². The van der Waals surface area contributed by atoms with Crippen molar-refractivity contribution in [2.75, 3.05) is 27.1 Å². The zero-order valence-electron chi connectivity index (χ0n) is 17.9. The van der Waals surface area contributed by atoms with Crippen LogP contribution in [-0.4, -0.2) is 63.5 Å². The second kappa shape index (κ2) is 10.5. The number of hydrogen-bond acceptors (Lipinski definition) is 8. The highest BCUT2D eigenvalue weighted by atomic mass is 16.8. The van der Waals surface area contributed by atoms with Gasteiger partial charge >= 0.3 is 5.97 Å². The van der Waals surface area contributed by atoms with Gasteiger partial charge in [0.25, 0.3) is 0 Å². The summed E-state index contributed by atoms with van der Waals surface area (Å²) < 4.78 is 39.8. The topological polar surface area (TPSA) is 81.7 Å². The van der Waals surface area contributed by atoms with Crippen LogP contribution in [0.1, 0.15) is 26.3 Å². The molecule has 2 aliphatic rings. The lowest BCUT2D eigenvalue weighted by Gasteiger charge is -2.27. The van der Waals surface area contributed by atoms with Crippen LogP contribution in [0.3, 0.4) is 0 Å². The summed E-state index contributed by atoms with van der Waals surface area (Å²) >= 11 is 0. The first-order valence-electron chi connectivity index (χ1n) is 10.0. The van der Waals surface area contributed by atoms with Crippen molar-refractivity contribution in [2.45, 2.75) is 57.8 Å². The Hall–Kier alpha value is -1.81. The molecule has 0 bridgehead atoms. The van der Waals surface area contributed by atoms with Crippen LogP contribution in [0, 0.1) is 0 Å². The molecule has 2 aliphatic heterocycles. The highest BCUT2D eigenvalue weighted by molar-refractivity contribution is 5.83. The third-order valence-corrected chi connectivity index (χ3v) is 4.70. The van der Waals surface area contributed by atoms with E-state index in [1.165, 1.54) is 13.2 Å². The molecule has 30 heavy (non-hydrogen) atoms. The van der Waals surface area contributed by atoms with Crippen LogP contribution in [-0.2, 0) is 44.6 Å². The van der Waals surface area contributed by atoms with Gasteiger partial charge in [0.15, 0.2) is 12.1 Å². The van der Waals surface area contributed by atoms with E-state index in [2.05, 4.69) is 0 Å². The third-order valence-electron chi connectivity index (χ3n) is 4.70. The lowest BCUT2D eigenvalue weighted by molar-refractivity contribution is -0.219. The quantitative estimate of drug-likeness (QED) is 0.323. The van der Waals surface area contributed by atoms with Crippen molar-refractivity contribution in [1.82, 2.24) is 0 Å². The highest BCUT2D eigenvalue weighted by Gasteiger charge is 2.56. The summed E-state index contributed by atoms with van der Waals surface area (Å²) in [5.74, 6) is -1.26. The molecule has 8 nitrogen and oxygen atoms in total. The minimum absolute atomic E-state index is 0.0507. The van der Waals surface area contributed by atoms with Gasteiger partial charge in [0.2, 0.25) is 0 Å². The molecule has 0 aliphatic carbocycles. The minimum Gasteiger partial charge on any atom is -0.463 e. The predicted molar refractivity (Wildman–Crippen MR) is 106 cm³/mol. The molecule has 0 aromatic heterocycles. The first-order chi connectivity index (χ1) is 14.4. The smallest absolute Gasteiger partial charge is 0.330 e. The van der Waals surface area contributed by atoms with E-state index in [-0.39, 0.29) is 20.0 Å². The number of methoxy groups -OCH3 is 1. The van der Waals surface area contributed by atoms with E-state index < -0.39 is 36.4 Å². The van der Waals surface area contributed by atoms with Gasteiger partial charge in [0.1, 0.15) is 25.1 Å². The summed E-state index contributed by atoms with van der Waals surface area (Å²) in [6, 6.07) is 9.78. The number of carbonyl (C=O) groups is 1. The number of carbonyl (C=O) groups excluding carboxylic acids is 1. The summed E-state index contributed by atoms with van der Waals surface area (Å²) in [7, 11) is 1.54. The van der Waals surface area contributed by atoms with Crippen molar-refractivity contribution in [1.29, 1.82) is 0 Å². The molecule has 1 aromatic carbocycles. The molecule has 1 aromatic rings. The second-order valence-electron chi connectivity index (χ2n) is 7.51. The zero-order valence-corrected chi connectivity index (χ0v) is 17.9. The van der Waals surface area contributed by atoms with Gasteiger partial charge in [-0.25, -0.2) is 4.79 Å². The van der Waals surface area contributed by atoms with Crippen molar-refractivity contribution >= 4 is 5.97 Å². The molecule has 0 spiro atoms. The summed E-state index contributed by atoms with van der Waals surface area (Å²) in [6.07, 6.45) is -0.815. The molecule has 0 N–H and O–H groups in total. The highest BCUT2D eigenvalue weighted by Crippen LogP contribution is 2.40. The summed E-state index contributed by atoms with van der Waals surface area (Å²) in [6.45, 7) is 6.26. The van der Waals surface area contributed by atoms with Crippen LogP contribution in [0.25, 0.3) is 0 Å². The number of benzene rings is 1. The Morgan fingerprint density at radius 2 is 1.97 bits per heavy atom. The summed E-state index contributed by atoms with van der Waals surface area (Å²) in [4.78, 5) is 12.2. The fourth-order valence-electron chi connectivity index (χ4n) is 3.51. The SMILES string of the molecule is CCOC(=O)/C=C(/COCc1ccccc1)[C@H]1O[C@@H]2OC(C)(C)O[C@@H]2[C@H]1OCOC. The average Bonchev–Trinajstić information content (AvgIpc) is 3.18. The molecular formula is C22H30O8. The molecule has 3 rings (SSSR count). The Bertz CT molecular complexity index is 717. The molecule has 0 amide bonds. The van der Waals surface area contributed by atoms with Crippen molar-refractivity contribution < 1.29 is 38.0 Å². The van der Waals surface area contributed by atoms with E-state index in [1.54, 1.807) is 6.92 Å². The third kappa shape index (κ3) is 5.87. The Labute approximate surface area is 177 Å². The van der Waals surface area contributed by atoms with Crippen molar-refractivity contribution in [3.05, 3.63) is 47.5 Å². The van der Waals surface area contributed by atoms with Crippen molar-refractivity contribution in [3.8, 4) is 0 Å². The van der Waals surface area contributed by atoms with E-state index in [0.29, 0.717) is 12.2 Å². The molecule has 0 radical (unpaired) electrons. The lowest BCUT2D eigenvalue weighted by Crippen LogP contribution is -2.39. The fraction of sp³-hybridized carbons (Fsp3) is 0.591.